The third-order valence-corrected chi connectivity index (χ3v) is 7.31. The molecular weight excluding hydrogens is 426 g/mol. The summed E-state index contributed by atoms with van der Waals surface area (Å²) in [5.74, 6) is 0. The molecule has 3 aromatic rings. The molecule has 0 spiro atoms. The summed E-state index contributed by atoms with van der Waals surface area (Å²) in [5, 5.41) is 0.870. The molecule has 4 rings (SSSR count). The summed E-state index contributed by atoms with van der Waals surface area (Å²) >= 11 is 0. The van der Waals surface area contributed by atoms with Gasteiger partial charge >= 0.3 is 6.09 Å². The Balaban J connectivity index is 1.68. The van der Waals surface area contributed by atoms with Crippen LogP contribution >= 0.6 is 0 Å². The van der Waals surface area contributed by atoms with Gasteiger partial charge in [0, 0.05) is 37.3 Å². The van der Waals surface area contributed by atoms with Gasteiger partial charge in [0.15, 0.2) is 0 Å². The van der Waals surface area contributed by atoms with Gasteiger partial charge in [-0.1, -0.05) is 30.3 Å². The first-order valence-corrected chi connectivity index (χ1v) is 12.2. The number of amides is 1. The van der Waals surface area contributed by atoms with Gasteiger partial charge in [0.05, 0.1) is 16.1 Å². The second-order valence-electron chi connectivity index (χ2n) is 9.04. The third-order valence-electron chi connectivity index (χ3n) is 5.49. The number of carbonyl (C=O) groups excluding carboxylic acids is 1. The van der Waals surface area contributed by atoms with Gasteiger partial charge in [-0.25, -0.2) is 17.2 Å². The normalized spacial score (nSPS) is 15.2. The fourth-order valence-corrected chi connectivity index (χ4v) is 5.65. The predicted octanol–water partition coefficient (Wildman–Crippen LogP) is 4.24. The highest BCUT2D eigenvalue weighted by Gasteiger charge is 2.29. The van der Waals surface area contributed by atoms with Crippen molar-refractivity contribution in [2.45, 2.75) is 38.2 Å². The standard InChI is InChI=1S/C24H29N3O4S/c1-18-17-19-9-8-12-21(22(19)27(18)32(29,30)20-10-6-5-7-11-20)25-13-15-26(16-14-25)23(28)31-24(2,3)4/h5-12,17H,13-16H2,1-4H3. The van der Waals surface area contributed by atoms with Crippen LogP contribution in [0.1, 0.15) is 26.5 Å². The molecule has 7 nitrogen and oxygen atoms in total. The van der Waals surface area contributed by atoms with E-state index in [2.05, 4.69) is 4.90 Å². The minimum absolute atomic E-state index is 0.255. The van der Waals surface area contributed by atoms with E-state index in [0.717, 1.165) is 11.1 Å². The summed E-state index contributed by atoms with van der Waals surface area (Å²) in [5.41, 5.74) is 1.63. The fraction of sp³-hybridized carbons (Fsp3) is 0.375. The van der Waals surface area contributed by atoms with Crippen molar-refractivity contribution in [2.75, 3.05) is 31.1 Å². The summed E-state index contributed by atoms with van der Waals surface area (Å²) in [6.07, 6.45) is -0.318. The molecule has 0 bridgehead atoms. The molecule has 0 unspecified atom stereocenters. The summed E-state index contributed by atoms with van der Waals surface area (Å²) in [6.45, 7) is 9.57. The molecule has 170 valence electrons. The Bertz CT molecular complexity index is 1240. The second kappa shape index (κ2) is 8.16. The fourth-order valence-electron chi connectivity index (χ4n) is 4.07. The molecule has 0 atom stereocenters. The van der Waals surface area contributed by atoms with Gasteiger partial charge in [0.25, 0.3) is 10.0 Å². The minimum atomic E-state index is -3.75. The number of ether oxygens (including phenoxy) is 1. The molecule has 1 fully saturated rings. The maximum Gasteiger partial charge on any atom is 0.410 e. The Morgan fingerprint density at radius 2 is 1.59 bits per heavy atom. The first kappa shape index (κ1) is 22.2. The van der Waals surface area contributed by atoms with E-state index in [1.807, 2.05) is 52.0 Å². The van der Waals surface area contributed by atoms with Crippen molar-refractivity contribution in [1.29, 1.82) is 0 Å². The van der Waals surface area contributed by atoms with Crippen molar-refractivity contribution in [3.63, 3.8) is 0 Å². The van der Waals surface area contributed by atoms with E-state index in [0.29, 0.717) is 37.4 Å². The van der Waals surface area contributed by atoms with Crippen LogP contribution in [0.3, 0.4) is 0 Å². The number of hydrogen-bond donors (Lipinski definition) is 0. The van der Waals surface area contributed by atoms with E-state index < -0.39 is 15.6 Å². The van der Waals surface area contributed by atoms with Crippen molar-refractivity contribution in [3.8, 4) is 0 Å². The first-order chi connectivity index (χ1) is 15.1. The molecule has 1 aliphatic rings. The van der Waals surface area contributed by atoms with Crippen LogP contribution in [0.5, 0.6) is 0 Å². The molecule has 1 aromatic heterocycles. The van der Waals surface area contributed by atoms with Crippen molar-refractivity contribution < 1.29 is 17.9 Å². The Morgan fingerprint density at radius 1 is 0.938 bits per heavy atom. The zero-order chi connectivity index (χ0) is 23.1. The molecule has 2 aromatic carbocycles. The van der Waals surface area contributed by atoms with Gasteiger partial charge in [-0.3, -0.25) is 0 Å². The van der Waals surface area contributed by atoms with E-state index in [4.69, 9.17) is 4.74 Å². The molecule has 1 aliphatic heterocycles. The van der Waals surface area contributed by atoms with Crippen LogP contribution in [0.2, 0.25) is 0 Å². The van der Waals surface area contributed by atoms with Crippen molar-refractivity contribution >= 4 is 32.7 Å². The topological polar surface area (TPSA) is 71.8 Å². The van der Waals surface area contributed by atoms with Crippen LogP contribution in [0.25, 0.3) is 10.9 Å². The molecule has 0 saturated carbocycles. The molecular formula is C24H29N3O4S. The molecule has 1 saturated heterocycles. The Hall–Kier alpha value is -3.00. The van der Waals surface area contributed by atoms with Gasteiger partial charge < -0.3 is 14.5 Å². The zero-order valence-corrected chi connectivity index (χ0v) is 19.7. The summed E-state index contributed by atoms with van der Waals surface area (Å²) in [4.78, 5) is 16.5. The summed E-state index contributed by atoms with van der Waals surface area (Å²) in [7, 11) is -3.75. The van der Waals surface area contributed by atoms with Crippen LogP contribution in [-0.2, 0) is 14.8 Å². The summed E-state index contributed by atoms with van der Waals surface area (Å²) in [6, 6.07) is 16.2. The average molecular weight is 456 g/mol. The predicted molar refractivity (Wildman–Crippen MR) is 126 cm³/mol. The zero-order valence-electron chi connectivity index (χ0n) is 18.9. The number of aryl methyl sites for hydroxylation is 1. The number of carbonyl (C=O) groups is 1. The molecule has 1 amide bonds. The highest BCUT2D eigenvalue weighted by Crippen LogP contribution is 2.33. The van der Waals surface area contributed by atoms with E-state index >= 15 is 0 Å². The number of hydrogen-bond acceptors (Lipinski definition) is 5. The van der Waals surface area contributed by atoms with Crippen LogP contribution in [0.4, 0.5) is 10.5 Å². The molecule has 32 heavy (non-hydrogen) atoms. The lowest BCUT2D eigenvalue weighted by atomic mass is 10.2. The van der Waals surface area contributed by atoms with Crippen LogP contribution in [-0.4, -0.2) is 55.2 Å². The monoisotopic (exact) mass is 455 g/mol. The smallest absolute Gasteiger partial charge is 0.410 e. The van der Waals surface area contributed by atoms with E-state index in [-0.39, 0.29) is 11.0 Å². The molecule has 0 N–H and O–H groups in total. The van der Waals surface area contributed by atoms with Gasteiger partial charge in [-0.05, 0) is 52.0 Å². The Morgan fingerprint density at radius 3 is 2.22 bits per heavy atom. The highest BCUT2D eigenvalue weighted by atomic mass is 32.2. The summed E-state index contributed by atoms with van der Waals surface area (Å²) < 4.78 is 34.0. The minimum Gasteiger partial charge on any atom is -0.444 e. The number of nitrogens with zero attached hydrogens (tertiary/aromatic N) is 3. The molecule has 2 heterocycles. The number of benzene rings is 2. The van der Waals surface area contributed by atoms with Crippen molar-refractivity contribution in [1.82, 2.24) is 8.87 Å². The van der Waals surface area contributed by atoms with Gasteiger partial charge in [-0.15, -0.1) is 0 Å². The molecule has 0 aliphatic carbocycles. The van der Waals surface area contributed by atoms with Gasteiger partial charge in [0.1, 0.15) is 5.60 Å². The number of anilines is 1. The van der Waals surface area contributed by atoms with Crippen LogP contribution in [0, 0.1) is 6.92 Å². The maximum atomic E-state index is 13.5. The average Bonchev–Trinajstić information content (AvgIpc) is 3.10. The number of aromatic nitrogens is 1. The number of para-hydroxylation sites is 1. The van der Waals surface area contributed by atoms with E-state index in [1.165, 1.54) is 3.97 Å². The Kier molecular flexibility index (Phi) is 5.67. The molecule has 8 heteroatoms. The second-order valence-corrected chi connectivity index (χ2v) is 10.8. The van der Waals surface area contributed by atoms with Crippen molar-refractivity contribution in [3.05, 3.63) is 60.3 Å². The van der Waals surface area contributed by atoms with Crippen LogP contribution in [0.15, 0.2) is 59.5 Å². The SMILES string of the molecule is Cc1cc2cccc(N3CCN(C(=O)OC(C)(C)C)CC3)c2n1S(=O)(=O)c1ccccc1. The number of piperazine rings is 1. The van der Waals surface area contributed by atoms with Gasteiger partial charge in [-0.2, -0.15) is 0 Å². The quantitative estimate of drug-likeness (QED) is 0.591. The van der Waals surface area contributed by atoms with Crippen molar-refractivity contribution in [2.24, 2.45) is 0 Å². The third kappa shape index (κ3) is 4.19. The lowest BCUT2D eigenvalue weighted by Gasteiger charge is -2.37. The Labute approximate surface area is 189 Å². The number of fused-ring (bicyclic) bond motifs is 1. The first-order valence-electron chi connectivity index (χ1n) is 10.7. The maximum absolute atomic E-state index is 13.5. The largest absolute Gasteiger partial charge is 0.444 e. The lowest BCUT2D eigenvalue weighted by Crippen LogP contribution is -2.50. The van der Waals surface area contributed by atoms with Gasteiger partial charge in [0.2, 0.25) is 0 Å². The molecule has 0 radical (unpaired) electrons. The lowest BCUT2D eigenvalue weighted by molar-refractivity contribution is 0.0240. The number of rotatable bonds is 3. The highest BCUT2D eigenvalue weighted by molar-refractivity contribution is 7.90. The van der Waals surface area contributed by atoms with Crippen LogP contribution < -0.4 is 4.90 Å². The van der Waals surface area contributed by atoms with E-state index in [9.17, 15) is 13.2 Å². The van der Waals surface area contributed by atoms with E-state index in [1.54, 1.807) is 35.2 Å².